The van der Waals surface area contributed by atoms with Gasteiger partial charge in [0.1, 0.15) is 11.5 Å². The molecule has 228 valence electrons. The molecule has 0 bridgehead atoms. The third-order valence-corrected chi connectivity index (χ3v) is 10.1. The van der Waals surface area contributed by atoms with E-state index >= 15 is 0 Å². The lowest BCUT2D eigenvalue weighted by atomic mass is 9.80. The number of nitriles is 1. The molecule has 0 radical (unpaired) electrons. The normalized spacial score (nSPS) is 26.9. The summed E-state index contributed by atoms with van der Waals surface area (Å²) >= 11 is 1.27. The van der Waals surface area contributed by atoms with Crippen molar-refractivity contribution in [3.63, 3.8) is 0 Å². The van der Waals surface area contributed by atoms with E-state index in [4.69, 9.17) is 14.2 Å². The number of aliphatic hydroxyl groups is 1. The first-order valence-electron chi connectivity index (χ1n) is 13.5. The number of ether oxygens (including phenoxy) is 3. The number of para-hydroxylation sites is 2. The third kappa shape index (κ3) is 5.45. The van der Waals surface area contributed by atoms with Gasteiger partial charge in [-0.3, -0.25) is 9.59 Å². The number of nitrogens with zero attached hydrogens (tertiary/aromatic N) is 4. The van der Waals surface area contributed by atoms with Crippen molar-refractivity contribution in [1.82, 2.24) is 14.8 Å². The molecule has 44 heavy (non-hydrogen) atoms. The summed E-state index contributed by atoms with van der Waals surface area (Å²) in [5.74, 6) is -0.279. The lowest BCUT2D eigenvalue weighted by Crippen LogP contribution is -2.71. The number of carbonyl (C=O) groups is 3. The Kier molecular flexibility index (Phi) is 8.53. The maximum absolute atomic E-state index is 14.7. The first kappa shape index (κ1) is 31.2. The van der Waals surface area contributed by atoms with Crippen molar-refractivity contribution in [2.24, 2.45) is 5.41 Å². The van der Waals surface area contributed by atoms with Crippen molar-refractivity contribution >= 4 is 40.6 Å². The monoisotopic (exact) mass is 634 g/mol. The van der Waals surface area contributed by atoms with E-state index in [1.54, 1.807) is 79.7 Å². The maximum Gasteiger partial charge on any atom is 0.375 e. The van der Waals surface area contributed by atoms with Crippen LogP contribution in [0.25, 0.3) is 0 Å². The van der Waals surface area contributed by atoms with Crippen LogP contribution < -0.4 is 14.2 Å². The van der Waals surface area contributed by atoms with Gasteiger partial charge in [-0.25, -0.2) is 9.78 Å². The van der Waals surface area contributed by atoms with Gasteiger partial charge in [0.05, 0.1) is 24.6 Å². The van der Waals surface area contributed by atoms with Crippen LogP contribution >= 0.6 is 23.5 Å². The molecule has 0 aliphatic carbocycles. The van der Waals surface area contributed by atoms with Crippen LogP contribution in [0.2, 0.25) is 0 Å². The molecule has 3 aromatic rings. The van der Waals surface area contributed by atoms with Crippen molar-refractivity contribution < 1.29 is 33.7 Å². The highest BCUT2D eigenvalue weighted by atomic mass is 32.2. The summed E-state index contributed by atoms with van der Waals surface area (Å²) in [5.41, 5.74) is -2.44. The van der Waals surface area contributed by atoms with Gasteiger partial charge in [-0.15, -0.1) is 0 Å². The molecule has 1 N–H and O–H groups in total. The molecule has 0 spiro atoms. The van der Waals surface area contributed by atoms with E-state index in [9.17, 15) is 24.8 Å². The minimum absolute atomic E-state index is 0.142. The van der Waals surface area contributed by atoms with Crippen LogP contribution in [0.1, 0.15) is 31.9 Å². The number of benzene rings is 2. The third-order valence-electron chi connectivity index (χ3n) is 7.79. The Hall–Kier alpha value is -4.25. The average Bonchev–Trinajstić information content (AvgIpc) is 3.29. The molecular weight excluding hydrogens is 604 g/mol. The zero-order chi connectivity index (χ0) is 31.7. The van der Waals surface area contributed by atoms with Gasteiger partial charge in [-0.2, -0.15) is 5.26 Å². The molecule has 11 nitrogen and oxygen atoms in total. The van der Waals surface area contributed by atoms with E-state index in [0.29, 0.717) is 29.0 Å². The Balaban J connectivity index is 1.59. The molecule has 1 aromatic heterocycles. The van der Waals surface area contributed by atoms with Crippen LogP contribution in [0, 0.1) is 16.7 Å². The van der Waals surface area contributed by atoms with Gasteiger partial charge >= 0.3 is 5.30 Å². The summed E-state index contributed by atoms with van der Waals surface area (Å²) in [6, 6.07) is 21.5. The van der Waals surface area contributed by atoms with Crippen LogP contribution in [0.5, 0.6) is 17.4 Å². The number of aliphatic hydroxyl groups excluding tert-OH is 1. The fourth-order valence-electron chi connectivity index (χ4n) is 5.58. The number of rotatable bonds is 8. The van der Waals surface area contributed by atoms with E-state index in [2.05, 4.69) is 11.1 Å². The van der Waals surface area contributed by atoms with Gasteiger partial charge in [-0.1, -0.05) is 36.4 Å². The second kappa shape index (κ2) is 12.0. The van der Waals surface area contributed by atoms with Gasteiger partial charge < -0.3 is 29.1 Å². The molecule has 2 aliphatic heterocycles. The number of carbonyl (C=O) groups excluding carboxylic acids is 3. The number of amides is 2. The lowest BCUT2D eigenvalue weighted by Gasteiger charge is -2.52. The molecule has 0 saturated carbocycles. The Bertz CT molecular complexity index is 1590. The smallest absolute Gasteiger partial charge is 0.375 e. The molecule has 2 amide bonds. The number of hydrogen-bond acceptors (Lipinski definition) is 11. The zero-order valence-corrected chi connectivity index (χ0v) is 26.0. The summed E-state index contributed by atoms with van der Waals surface area (Å²) in [6.07, 6.45) is 1.35. The predicted octanol–water partition coefficient (Wildman–Crippen LogP) is 4.80. The Labute approximate surface area is 263 Å². The second-order valence-electron chi connectivity index (χ2n) is 10.7. The van der Waals surface area contributed by atoms with Crippen molar-refractivity contribution in [3.05, 3.63) is 84.6 Å². The van der Waals surface area contributed by atoms with Crippen LogP contribution in [0.3, 0.4) is 0 Å². The first-order valence-corrected chi connectivity index (χ1v) is 15.2. The van der Waals surface area contributed by atoms with E-state index in [-0.39, 0.29) is 12.2 Å². The van der Waals surface area contributed by atoms with Crippen LogP contribution in [0.4, 0.5) is 4.79 Å². The lowest BCUT2D eigenvalue weighted by molar-refractivity contribution is -0.164. The SMILES string of the molecule is COc1ccc(C2N3C(=O)[C@](C)(SC(=O)Oc4ccccc4)N(C)C(=O)C3(SC(O)Oc3ccccc3)C[C@]2(C)C#N)cn1. The topological polar surface area (TPSA) is 142 Å². The fraction of sp³-hybridized carbons (Fsp3) is 0.323. The molecule has 3 heterocycles. The summed E-state index contributed by atoms with van der Waals surface area (Å²) in [4.78, 5) is 45.6. The number of methoxy groups -OCH3 is 1. The highest BCUT2D eigenvalue weighted by Gasteiger charge is 2.72. The molecule has 2 aromatic carbocycles. The fourth-order valence-corrected chi connectivity index (χ4v) is 7.87. The van der Waals surface area contributed by atoms with E-state index in [0.717, 1.165) is 11.8 Å². The Morgan fingerprint density at radius 1 is 1.05 bits per heavy atom. The molecule has 2 aliphatic rings. The average molecular weight is 635 g/mol. The standard InChI is InChI=1S/C31H30N4O7S2/c1-29(19-32)18-31(44-28(39)42-22-13-9-6-10-14-22)26(37)34(3)30(2,43-27(38)41-21-11-7-5-8-12-21)25(36)35(31)24(29)20-15-16-23(40-4)33-17-20/h5-17,24,28,39H,18H2,1-4H3/t24?,28?,29-,30+,31?/m1/s1. The van der Waals surface area contributed by atoms with Gasteiger partial charge in [0.15, 0.2) is 9.74 Å². The zero-order valence-electron chi connectivity index (χ0n) is 24.4. The predicted molar refractivity (Wildman–Crippen MR) is 163 cm³/mol. The molecule has 13 heteroatoms. The second-order valence-corrected chi connectivity index (χ2v) is 13.3. The number of thioether (sulfide) groups is 2. The van der Waals surface area contributed by atoms with Crippen molar-refractivity contribution in [2.45, 2.75) is 41.7 Å². The highest BCUT2D eigenvalue weighted by molar-refractivity contribution is 8.15. The van der Waals surface area contributed by atoms with Crippen LogP contribution in [-0.2, 0) is 9.59 Å². The number of pyridine rings is 1. The van der Waals surface area contributed by atoms with Gasteiger partial charge in [0.25, 0.3) is 11.8 Å². The quantitative estimate of drug-likeness (QED) is 0.270. The van der Waals surface area contributed by atoms with Gasteiger partial charge in [0.2, 0.25) is 11.5 Å². The number of fused-ring (bicyclic) bond motifs is 1. The number of hydrogen-bond donors (Lipinski definition) is 1. The summed E-state index contributed by atoms with van der Waals surface area (Å²) < 4.78 is 16.4. The number of likely N-dealkylation sites (N-methyl/N-ethyl adjacent to an activating group) is 1. The summed E-state index contributed by atoms with van der Waals surface area (Å²) in [6.45, 7) is 3.11. The van der Waals surface area contributed by atoms with Crippen LogP contribution in [-0.4, -0.2) is 66.5 Å². The van der Waals surface area contributed by atoms with E-state index in [1.807, 2.05) is 0 Å². The molecule has 2 saturated heterocycles. The maximum atomic E-state index is 14.7. The van der Waals surface area contributed by atoms with Crippen molar-refractivity contribution in [3.8, 4) is 23.4 Å². The van der Waals surface area contributed by atoms with E-state index in [1.165, 1.54) is 37.1 Å². The molecular formula is C31H30N4O7S2. The molecule has 5 atom stereocenters. The number of piperazine rings is 1. The largest absolute Gasteiger partial charge is 0.481 e. The van der Waals surface area contributed by atoms with Gasteiger partial charge in [-0.05, 0) is 73.3 Å². The number of aromatic nitrogens is 1. The molecule has 5 rings (SSSR count). The Morgan fingerprint density at radius 2 is 1.68 bits per heavy atom. The summed E-state index contributed by atoms with van der Waals surface area (Å²) in [5, 5.41) is 20.9. The minimum Gasteiger partial charge on any atom is -0.481 e. The molecule has 3 unspecified atom stereocenters. The van der Waals surface area contributed by atoms with E-state index < -0.39 is 43.9 Å². The van der Waals surface area contributed by atoms with Crippen molar-refractivity contribution in [1.29, 1.82) is 5.26 Å². The Morgan fingerprint density at radius 3 is 2.25 bits per heavy atom. The van der Waals surface area contributed by atoms with Gasteiger partial charge in [0, 0.05) is 25.7 Å². The molecule has 2 fully saturated rings. The first-order chi connectivity index (χ1) is 21.0. The highest BCUT2D eigenvalue weighted by Crippen LogP contribution is 2.62. The van der Waals surface area contributed by atoms with Crippen LogP contribution in [0.15, 0.2) is 79.0 Å². The summed E-state index contributed by atoms with van der Waals surface area (Å²) in [7, 11) is 2.88. The minimum atomic E-state index is -1.78. The van der Waals surface area contributed by atoms with Crippen molar-refractivity contribution in [2.75, 3.05) is 14.2 Å².